The van der Waals surface area contributed by atoms with Gasteiger partial charge in [-0.2, -0.15) is 11.8 Å². The number of nitrogens with one attached hydrogen (secondary N) is 1. The Bertz CT molecular complexity index is 1180. The normalized spacial score (nSPS) is 11.3. The minimum absolute atomic E-state index is 0.0813. The molecular formula is C26H29ClN2O3S2. The van der Waals surface area contributed by atoms with Gasteiger partial charge in [0.05, 0.1) is 10.6 Å². The highest BCUT2D eigenvalue weighted by atomic mass is 35.5. The molecule has 0 bridgehead atoms. The van der Waals surface area contributed by atoms with Crippen molar-refractivity contribution in [2.24, 2.45) is 0 Å². The van der Waals surface area contributed by atoms with Crippen LogP contribution in [0.25, 0.3) is 0 Å². The highest BCUT2D eigenvalue weighted by Gasteiger charge is 2.27. The smallest absolute Gasteiger partial charge is 0.264 e. The van der Waals surface area contributed by atoms with E-state index in [-0.39, 0.29) is 17.3 Å². The molecule has 0 saturated carbocycles. The van der Waals surface area contributed by atoms with Gasteiger partial charge in [-0.25, -0.2) is 8.42 Å². The van der Waals surface area contributed by atoms with E-state index in [0.29, 0.717) is 17.3 Å². The van der Waals surface area contributed by atoms with Crippen LogP contribution in [0.2, 0.25) is 5.02 Å². The van der Waals surface area contributed by atoms with E-state index >= 15 is 0 Å². The Kier molecular flexibility index (Phi) is 9.45. The number of nitrogens with zero attached hydrogens (tertiary/aromatic N) is 1. The van der Waals surface area contributed by atoms with Gasteiger partial charge in [0.25, 0.3) is 10.0 Å². The molecule has 0 unspecified atom stereocenters. The monoisotopic (exact) mass is 516 g/mol. The lowest BCUT2D eigenvalue weighted by molar-refractivity contribution is -0.119. The summed E-state index contributed by atoms with van der Waals surface area (Å²) >= 11 is 7.73. The van der Waals surface area contributed by atoms with Crippen molar-refractivity contribution in [3.63, 3.8) is 0 Å². The minimum Gasteiger partial charge on any atom is -0.354 e. The van der Waals surface area contributed by atoms with Gasteiger partial charge in [0.1, 0.15) is 6.54 Å². The predicted octanol–water partition coefficient (Wildman–Crippen LogP) is 5.59. The number of hydrogen-bond donors (Lipinski definition) is 1. The van der Waals surface area contributed by atoms with Crippen molar-refractivity contribution < 1.29 is 13.2 Å². The molecule has 3 aromatic rings. The summed E-state index contributed by atoms with van der Waals surface area (Å²) in [5, 5.41) is 3.30. The number of hydrogen-bond acceptors (Lipinski definition) is 4. The fraction of sp³-hybridized carbons (Fsp3) is 0.269. The second-order valence-electron chi connectivity index (χ2n) is 8.04. The van der Waals surface area contributed by atoms with Gasteiger partial charge < -0.3 is 5.32 Å². The Morgan fingerprint density at radius 3 is 2.12 bits per heavy atom. The van der Waals surface area contributed by atoms with Crippen molar-refractivity contribution in [1.29, 1.82) is 0 Å². The number of carbonyl (C=O) groups excluding carboxylic acids is 1. The van der Waals surface area contributed by atoms with Crippen LogP contribution in [-0.2, 0) is 20.6 Å². The van der Waals surface area contributed by atoms with Crippen LogP contribution in [0.5, 0.6) is 0 Å². The SMILES string of the molecule is Cc1ccc(CSCCCNC(=O)CN(c2ccc(C)cc2)S(=O)(=O)c2ccc(Cl)cc2)cc1. The molecule has 34 heavy (non-hydrogen) atoms. The number of carbonyl (C=O) groups is 1. The Morgan fingerprint density at radius 1 is 0.912 bits per heavy atom. The summed E-state index contributed by atoms with van der Waals surface area (Å²) in [5.74, 6) is 1.48. The maximum absolute atomic E-state index is 13.3. The molecule has 8 heteroatoms. The van der Waals surface area contributed by atoms with Gasteiger partial charge in [-0.15, -0.1) is 0 Å². The average Bonchev–Trinajstić information content (AvgIpc) is 2.82. The standard InChI is InChI=1S/C26H29ClN2O3S2/c1-20-4-8-22(9-5-20)19-33-17-3-16-28-26(30)18-29(24-12-6-21(2)7-13-24)34(31,32)25-14-10-23(27)11-15-25/h4-15H,3,16-19H2,1-2H3,(H,28,30). The van der Waals surface area contributed by atoms with Gasteiger partial charge in [-0.3, -0.25) is 9.10 Å². The molecule has 1 amide bonds. The number of halogens is 1. The maximum Gasteiger partial charge on any atom is 0.264 e. The summed E-state index contributed by atoms with van der Waals surface area (Å²) in [6.07, 6.45) is 0.802. The molecule has 0 fully saturated rings. The van der Waals surface area contributed by atoms with E-state index in [0.717, 1.165) is 27.8 Å². The van der Waals surface area contributed by atoms with Crippen LogP contribution >= 0.6 is 23.4 Å². The van der Waals surface area contributed by atoms with E-state index in [1.54, 1.807) is 12.1 Å². The summed E-state index contributed by atoms with van der Waals surface area (Å²) < 4.78 is 27.8. The molecule has 5 nitrogen and oxygen atoms in total. The van der Waals surface area contributed by atoms with Gasteiger partial charge in [0.15, 0.2) is 0 Å². The van der Waals surface area contributed by atoms with Crippen LogP contribution in [0.3, 0.4) is 0 Å². The number of aryl methyl sites for hydroxylation is 2. The molecule has 3 rings (SSSR count). The molecule has 0 radical (unpaired) electrons. The fourth-order valence-corrected chi connectivity index (χ4v) is 5.69. The van der Waals surface area contributed by atoms with Crippen LogP contribution in [0.15, 0.2) is 77.7 Å². The molecule has 0 aliphatic rings. The van der Waals surface area contributed by atoms with Gasteiger partial charge in [0, 0.05) is 17.3 Å². The van der Waals surface area contributed by atoms with E-state index in [2.05, 4.69) is 36.5 Å². The number of anilines is 1. The predicted molar refractivity (Wildman–Crippen MR) is 142 cm³/mol. The molecule has 3 aromatic carbocycles. The lowest BCUT2D eigenvalue weighted by Gasteiger charge is -2.24. The first-order valence-corrected chi connectivity index (χ1v) is 14.0. The molecule has 0 aliphatic carbocycles. The lowest BCUT2D eigenvalue weighted by atomic mass is 10.2. The zero-order chi connectivity index (χ0) is 24.6. The first kappa shape index (κ1) is 26.1. The van der Waals surface area contributed by atoms with Crippen molar-refractivity contribution in [3.8, 4) is 0 Å². The summed E-state index contributed by atoms with van der Waals surface area (Å²) in [7, 11) is -3.94. The summed E-state index contributed by atoms with van der Waals surface area (Å²) in [6, 6.07) is 21.5. The largest absolute Gasteiger partial charge is 0.354 e. The van der Waals surface area contributed by atoms with Gasteiger partial charge in [0.2, 0.25) is 5.91 Å². The zero-order valence-electron chi connectivity index (χ0n) is 19.3. The van der Waals surface area contributed by atoms with Gasteiger partial charge in [-0.1, -0.05) is 59.1 Å². The quantitative estimate of drug-likeness (QED) is 0.337. The third-order valence-electron chi connectivity index (χ3n) is 5.19. The van der Waals surface area contributed by atoms with E-state index in [4.69, 9.17) is 11.6 Å². The second-order valence-corrected chi connectivity index (χ2v) is 11.4. The van der Waals surface area contributed by atoms with Crippen LogP contribution in [-0.4, -0.2) is 33.2 Å². The van der Waals surface area contributed by atoms with E-state index in [9.17, 15) is 13.2 Å². The third-order valence-corrected chi connectivity index (χ3v) is 8.34. The van der Waals surface area contributed by atoms with Crippen LogP contribution in [0.4, 0.5) is 5.69 Å². The maximum atomic E-state index is 13.3. The Balaban J connectivity index is 1.57. The third kappa shape index (κ3) is 7.52. The molecule has 0 aliphatic heterocycles. The number of benzene rings is 3. The molecule has 0 heterocycles. The zero-order valence-corrected chi connectivity index (χ0v) is 21.7. The highest BCUT2D eigenvalue weighted by molar-refractivity contribution is 7.98. The van der Waals surface area contributed by atoms with E-state index in [1.807, 2.05) is 30.8 Å². The molecule has 1 N–H and O–H groups in total. The average molecular weight is 517 g/mol. The Labute approximate surface area is 211 Å². The molecule has 0 atom stereocenters. The number of sulfonamides is 1. The molecule has 180 valence electrons. The van der Waals surface area contributed by atoms with Gasteiger partial charge in [-0.05, 0) is 68.0 Å². The summed E-state index contributed by atoms with van der Waals surface area (Å²) in [5.41, 5.74) is 3.96. The Hall–Kier alpha value is -2.48. The molecule has 0 spiro atoms. The van der Waals surface area contributed by atoms with Crippen LogP contribution in [0.1, 0.15) is 23.1 Å². The van der Waals surface area contributed by atoms with Crippen molar-refractivity contribution in [3.05, 3.63) is 94.5 Å². The second kappa shape index (κ2) is 12.3. The molecular weight excluding hydrogens is 488 g/mol. The van der Waals surface area contributed by atoms with Crippen molar-refractivity contribution in [2.45, 2.75) is 30.9 Å². The number of amides is 1. The molecule has 0 saturated heterocycles. The highest BCUT2D eigenvalue weighted by Crippen LogP contribution is 2.25. The summed E-state index contributed by atoms with van der Waals surface area (Å²) in [6.45, 7) is 4.18. The number of rotatable bonds is 11. The fourth-order valence-electron chi connectivity index (χ4n) is 3.22. The minimum atomic E-state index is -3.94. The summed E-state index contributed by atoms with van der Waals surface area (Å²) in [4.78, 5) is 12.7. The van der Waals surface area contributed by atoms with Crippen molar-refractivity contribution in [1.82, 2.24) is 5.32 Å². The van der Waals surface area contributed by atoms with Crippen molar-refractivity contribution >= 4 is 45.0 Å². The number of thioether (sulfide) groups is 1. The topological polar surface area (TPSA) is 66.5 Å². The van der Waals surface area contributed by atoms with Crippen LogP contribution in [0, 0.1) is 13.8 Å². The Morgan fingerprint density at radius 2 is 1.50 bits per heavy atom. The first-order chi connectivity index (χ1) is 16.3. The van der Waals surface area contributed by atoms with E-state index in [1.165, 1.54) is 35.4 Å². The van der Waals surface area contributed by atoms with Gasteiger partial charge >= 0.3 is 0 Å². The lowest BCUT2D eigenvalue weighted by Crippen LogP contribution is -2.41. The van der Waals surface area contributed by atoms with E-state index < -0.39 is 10.0 Å². The van der Waals surface area contributed by atoms with Crippen LogP contribution < -0.4 is 9.62 Å². The van der Waals surface area contributed by atoms with Crippen molar-refractivity contribution in [2.75, 3.05) is 23.1 Å². The first-order valence-electron chi connectivity index (χ1n) is 11.0. The molecule has 0 aromatic heterocycles.